The standard InChI is InChI=1S/C26H30N2O5/c1-4-16-13-28-10-9-26(22(28)12-19(16)20(15-31-2)25(30)32-3)24(29)23-18(17-8-11-33-14-17)6-5-7-21(23)27-26/h5-8,11,14-16,19,22,27H,4,9-10,12-13H2,1-3H3/b20-15+/t16-,19+,22+,26+/m1/s1. The number of Topliss-reactive ketones (excluding diaryl/α,β-unsaturated/α-hetero) is 1. The fourth-order valence-corrected chi connectivity index (χ4v) is 6.20. The van der Waals surface area contributed by atoms with Crippen LogP contribution in [0.2, 0.25) is 0 Å². The first kappa shape index (κ1) is 21.8. The molecule has 174 valence electrons. The summed E-state index contributed by atoms with van der Waals surface area (Å²) in [6, 6.07) is 7.79. The lowest BCUT2D eigenvalue weighted by molar-refractivity contribution is -0.137. The molecule has 1 aromatic carbocycles. The van der Waals surface area contributed by atoms with Gasteiger partial charge in [0.25, 0.3) is 0 Å². The lowest BCUT2D eigenvalue weighted by atomic mass is 9.71. The molecule has 7 nitrogen and oxygen atoms in total. The van der Waals surface area contributed by atoms with Crippen molar-refractivity contribution in [2.45, 2.75) is 37.8 Å². The number of carbonyl (C=O) groups is 2. The molecule has 4 atom stereocenters. The quantitative estimate of drug-likeness (QED) is 0.417. The van der Waals surface area contributed by atoms with Crippen LogP contribution in [0.3, 0.4) is 0 Å². The number of hydrogen-bond donors (Lipinski definition) is 1. The molecule has 1 N–H and O–H groups in total. The Labute approximate surface area is 193 Å². The number of piperidine rings is 1. The maximum atomic E-state index is 14.1. The number of methoxy groups -OCH3 is 2. The maximum absolute atomic E-state index is 14.1. The summed E-state index contributed by atoms with van der Waals surface area (Å²) in [7, 11) is 2.95. The van der Waals surface area contributed by atoms with E-state index in [0.717, 1.165) is 48.3 Å². The summed E-state index contributed by atoms with van der Waals surface area (Å²) in [6.07, 6.45) is 7.19. The molecule has 2 saturated heterocycles. The molecule has 1 spiro atoms. The van der Waals surface area contributed by atoms with E-state index in [-0.39, 0.29) is 29.6 Å². The van der Waals surface area contributed by atoms with Crippen molar-refractivity contribution in [1.82, 2.24) is 4.90 Å². The molecule has 2 fully saturated rings. The topological polar surface area (TPSA) is 81.0 Å². The van der Waals surface area contributed by atoms with Gasteiger partial charge in [-0.1, -0.05) is 25.5 Å². The molecule has 3 aliphatic rings. The molecular weight excluding hydrogens is 420 g/mol. The van der Waals surface area contributed by atoms with Gasteiger partial charge in [0.2, 0.25) is 0 Å². The number of carbonyl (C=O) groups excluding carboxylic acids is 2. The first-order valence-corrected chi connectivity index (χ1v) is 11.6. The highest BCUT2D eigenvalue weighted by Crippen LogP contribution is 2.50. The number of ether oxygens (including phenoxy) is 2. The predicted octanol–water partition coefficient (Wildman–Crippen LogP) is 4.12. The van der Waals surface area contributed by atoms with Crippen molar-refractivity contribution in [1.29, 1.82) is 0 Å². The van der Waals surface area contributed by atoms with Gasteiger partial charge in [0.15, 0.2) is 5.78 Å². The van der Waals surface area contributed by atoms with E-state index in [1.54, 1.807) is 19.6 Å². The third-order valence-corrected chi connectivity index (χ3v) is 7.79. The molecule has 0 bridgehead atoms. The first-order chi connectivity index (χ1) is 16.0. The van der Waals surface area contributed by atoms with Crippen molar-refractivity contribution >= 4 is 17.4 Å². The minimum atomic E-state index is -0.701. The van der Waals surface area contributed by atoms with Crippen LogP contribution in [0.1, 0.15) is 36.5 Å². The Morgan fingerprint density at radius 1 is 1.33 bits per heavy atom. The highest BCUT2D eigenvalue weighted by molar-refractivity contribution is 6.18. The van der Waals surface area contributed by atoms with Crippen LogP contribution in [0.15, 0.2) is 53.0 Å². The average Bonchev–Trinajstić information content (AvgIpc) is 3.56. The van der Waals surface area contributed by atoms with Crippen LogP contribution in [0.5, 0.6) is 0 Å². The Balaban J connectivity index is 1.52. The predicted molar refractivity (Wildman–Crippen MR) is 124 cm³/mol. The molecule has 3 aliphatic heterocycles. The highest BCUT2D eigenvalue weighted by atomic mass is 16.5. The van der Waals surface area contributed by atoms with Crippen molar-refractivity contribution in [3.63, 3.8) is 0 Å². The summed E-state index contributed by atoms with van der Waals surface area (Å²) in [5, 5.41) is 3.64. The minimum absolute atomic E-state index is 0.0210. The smallest absolute Gasteiger partial charge is 0.337 e. The molecule has 0 aliphatic carbocycles. The Hall–Kier alpha value is -3.06. The third-order valence-electron chi connectivity index (χ3n) is 7.79. The zero-order chi connectivity index (χ0) is 23.2. The number of esters is 1. The molecule has 0 amide bonds. The van der Waals surface area contributed by atoms with Gasteiger partial charge in [-0.25, -0.2) is 4.79 Å². The maximum Gasteiger partial charge on any atom is 0.337 e. The molecule has 5 rings (SSSR count). The van der Waals surface area contributed by atoms with Gasteiger partial charge in [0.05, 0.1) is 44.1 Å². The van der Waals surface area contributed by atoms with Crippen LogP contribution in [-0.4, -0.2) is 55.5 Å². The van der Waals surface area contributed by atoms with Gasteiger partial charge in [-0.3, -0.25) is 9.69 Å². The fraction of sp³-hybridized carbons (Fsp3) is 0.462. The van der Waals surface area contributed by atoms with Gasteiger partial charge in [0, 0.05) is 30.4 Å². The van der Waals surface area contributed by atoms with Crippen molar-refractivity contribution in [3.8, 4) is 11.1 Å². The van der Waals surface area contributed by atoms with Gasteiger partial charge in [-0.05, 0) is 42.4 Å². The lowest BCUT2D eigenvalue weighted by Crippen LogP contribution is -2.57. The molecule has 0 unspecified atom stereocenters. The summed E-state index contributed by atoms with van der Waals surface area (Å²) in [4.78, 5) is 29.1. The second kappa shape index (κ2) is 8.37. The SMILES string of the molecule is CC[C@@H]1CN2CC[C@]3(Nc4cccc(-c5ccoc5)c4C3=O)[C@@H]2C[C@@H]1/C(=C\OC)C(=O)OC. The van der Waals surface area contributed by atoms with E-state index in [1.807, 2.05) is 24.3 Å². The van der Waals surface area contributed by atoms with Gasteiger partial charge in [-0.2, -0.15) is 0 Å². The number of fused-ring (bicyclic) bond motifs is 3. The second-order valence-electron chi connectivity index (χ2n) is 9.24. The van der Waals surface area contributed by atoms with Crippen LogP contribution >= 0.6 is 0 Å². The van der Waals surface area contributed by atoms with E-state index >= 15 is 0 Å². The summed E-state index contributed by atoms with van der Waals surface area (Å²) in [6.45, 7) is 3.84. The van der Waals surface area contributed by atoms with Crippen LogP contribution < -0.4 is 5.32 Å². The van der Waals surface area contributed by atoms with Gasteiger partial charge in [-0.15, -0.1) is 0 Å². The van der Waals surface area contributed by atoms with Gasteiger partial charge >= 0.3 is 5.97 Å². The van der Waals surface area contributed by atoms with Gasteiger partial charge in [0.1, 0.15) is 5.54 Å². The Morgan fingerprint density at radius 3 is 2.88 bits per heavy atom. The van der Waals surface area contributed by atoms with Crippen LogP contribution in [0.4, 0.5) is 5.69 Å². The zero-order valence-corrected chi connectivity index (χ0v) is 19.3. The fourth-order valence-electron chi connectivity index (χ4n) is 6.20. The number of rotatable bonds is 5. The van der Waals surface area contributed by atoms with Crippen LogP contribution in [-0.2, 0) is 14.3 Å². The minimum Gasteiger partial charge on any atom is -0.504 e. The normalized spacial score (nSPS) is 29.0. The van der Waals surface area contributed by atoms with E-state index in [1.165, 1.54) is 13.4 Å². The number of nitrogens with one attached hydrogen (secondary N) is 1. The van der Waals surface area contributed by atoms with Gasteiger partial charge < -0.3 is 19.2 Å². The van der Waals surface area contributed by atoms with E-state index in [4.69, 9.17) is 13.9 Å². The largest absolute Gasteiger partial charge is 0.504 e. The number of furan rings is 1. The average molecular weight is 451 g/mol. The lowest BCUT2D eigenvalue weighted by Gasteiger charge is -2.45. The highest BCUT2D eigenvalue weighted by Gasteiger charge is 2.59. The number of ketones is 1. The van der Waals surface area contributed by atoms with E-state index in [9.17, 15) is 9.59 Å². The Morgan fingerprint density at radius 2 is 2.18 bits per heavy atom. The van der Waals surface area contributed by atoms with E-state index < -0.39 is 5.54 Å². The molecule has 0 saturated carbocycles. The molecule has 4 heterocycles. The van der Waals surface area contributed by atoms with Crippen molar-refractivity contribution in [3.05, 3.63) is 54.2 Å². The van der Waals surface area contributed by atoms with Crippen LogP contribution in [0, 0.1) is 11.8 Å². The summed E-state index contributed by atoms with van der Waals surface area (Å²) >= 11 is 0. The summed E-state index contributed by atoms with van der Waals surface area (Å²) in [5.41, 5.74) is 3.24. The van der Waals surface area contributed by atoms with E-state index in [0.29, 0.717) is 12.0 Å². The van der Waals surface area contributed by atoms with Crippen molar-refractivity contribution in [2.75, 3.05) is 32.6 Å². The number of anilines is 1. The number of benzene rings is 1. The first-order valence-electron chi connectivity index (χ1n) is 11.6. The van der Waals surface area contributed by atoms with Crippen molar-refractivity contribution < 1.29 is 23.5 Å². The molecule has 1 aromatic heterocycles. The van der Waals surface area contributed by atoms with Crippen LogP contribution in [0.25, 0.3) is 11.1 Å². The molecule has 2 aromatic rings. The van der Waals surface area contributed by atoms with Crippen molar-refractivity contribution in [2.24, 2.45) is 11.8 Å². The summed E-state index contributed by atoms with van der Waals surface area (Å²) in [5.74, 6) is 0.0189. The Kier molecular flexibility index (Phi) is 5.52. The third kappa shape index (κ3) is 3.29. The second-order valence-corrected chi connectivity index (χ2v) is 9.24. The molecule has 0 radical (unpaired) electrons. The monoisotopic (exact) mass is 450 g/mol. The number of nitrogens with zero attached hydrogens (tertiary/aromatic N) is 1. The molecule has 7 heteroatoms. The van der Waals surface area contributed by atoms with E-state index in [2.05, 4.69) is 17.1 Å². The number of hydrogen-bond acceptors (Lipinski definition) is 7. The molecular formula is C26H30N2O5. The summed E-state index contributed by atoms with van der Waals surface area (Å²) < 4.78 is 15.6. The molecule has 33 heavy (non-hydrogen) atoms. The Bertz CT molecular complexity index is 1090. The zero-order valence-electron chi connectivity index (χ0n) is 19.3.